The molecule has 0 amide bonds. The zero-order valence-corrected chi connectivity index (χ0v) is 10.4. The summed E-state index contributed by atoms with van der Waals surface area (Å²) in [7, 11) is 0. The fraction of sp³-hybridized carbons (Fsp3) is 0.429. The number of rotatable bonds is 6. The van der Waals surface area contributed by atoms with Crippen molar-refractivity contribution in [3.8, 4) is 0 Å². The van der Waals surface area contributed by atoms with Gasteiger partial charge in [0.25, 0.3) is 0 Å². The minimum Gasteiger partial charge on any atom is -0.467 e. The molecule has 0 aliphatic rings. The predicted octanol–water partition coefficient (Wildman–Crippen LogP) is 3.52. The summed E-state index contributed by atoms with van der Waals surface area (Å²) < 4.78 is 11.3. The van der Waals surface area contributed by atoms with E-state index in [1.165, 1.54) is 0 Å². The fourth-order valence-corrected chi connectivity index (χ4v) is 1.83. The quantitative estimate of drug-likeness (QED) is 0.829. The van der Waals surface area contributed by atoms with Gasteiger partial charge in [0.15, 0.2) is 0 Å². The maximum Gasteiger partial charge on any atom is 0.128 e. The van der Waals surface area contributed by atoms with Crippen molar-refractivity contribution < 1.29 is 8.83 Å². The van der Waals surface area contributed by atoms with Gasteiger partial charge in [-0.15, -0.1) is 0 Å². The van der Waals surface area contributed by atoms with Gasteiger partial charge in [-0.05, 0) is 37.2 Å². The van der Waals surface area contributed by atoms with Crippen LogP contribution >= 0.6 is 0 Å². The van der Waals surface area contributed by atoms with Crippen LogP contribution in [-0.4, -0.2) is 6.54 Å². The summed E-state index contributed by atoms with van der Waals surface area (Å²) in [5, 5.41) is 3.44. The fourth-order valence-electron chi connectivity index (χ4n) is 1.83. The molecule has 0 saturated heterocycles. The maximum atomic E-state index is 5.79. The van der Waals surface area contributed by atoms with E-state index < -0.39 is 0 Å². The van der Waals surface area contributed by atoms with Crippen molar-refractivity contribution >= 4 is 0 Å². The van der Waals surface area contributed by atoms with Crippen LogP contribution < -0.4 is 5.32 Å². The molecule has 2 aromatic heterocycles. The first-order valence-corrected chi connectivity index (χ1v) is 6.20. The zero-order valence-electron chi connectivity index (χ0n) is 10.4. The first-order valence-electron chi connectivity index (χ1n) is 6.20. The third kappa shape index (κ3) is 2.80. The number of furan rings is 2. The largest absolute Gasteiger partial charge is 0.467 e. The van der Waals surface area contributed by atoms with E-state index in [0.29, 0.717) is 0 Å². The smallest absolute Gasteiger partial charge is 0.128 e. The van der Waals surface area contributed by atoms with Crippen LogP contribution in [0.4, 0.5) is 0 Å². The van der Waals surface area contributed by atoms with E-state index in [-0.39, 0.29) is 6.04 Å². The second-order valence-electron chi connectivity index (χ2n) is 4.06. The predicted molar refractivity (Wildman–Crippen MR) is 66.9 cm³/mol. The summed E-state index contributed by atoms with van der Waals surface area (Å²) in [5.41, 5.74) is 0. The van der Waals surface area contributed by atoms with Crippen molar-refractivity contribution in [2.75, 3.05) is 6.54 Å². The SMILES string of the molecule is CCCNC(c1ccco1)c1ccc(CC)o1. The second-order valence-corrected chi connectivity index (χ2v) is 4.06. The average Bonchev–Trinajstić information content (AvgIpc) is 3.00. The summed E-state index contributed by atoms with van der Waals surface area (Å²) in [6.07, 6.45) is 3.69. The lowest BCUT2D eigenvalue weighted by atomic mass is 10.1. The topological polar surface area (TPSA) is 38.3 Å². The minimum atomic E-state index is 0.0187. The van der Waals surface area contributed by atoms with Crippen molar-refractivity contribution in [2.24, 2.45) is 0 Å². The van der Waals surface area contributed by atoms with E-state index in [1.54, 1.807) is 6.26 Å². The van der Waals surface area contributed by atoms with Crippen molar-refractivity contribution in [2.45, 2.75) is 32.7 Å². The van der Waals surface area contributed by atoms with Gasteiger partial charge >= 0.3 is 0 Å². The van der Waals surface area contributed by atoms with Crippen molar-refractivity contribution in [1.82, 2.24) is 5.32 Å². The molecule has 0 fully saturated rings. The van der Waals surface area contributed by atoms with Gasteiger partial charge in [-0.25, -0.2) is 0 Å². The van der Waals surface area contributed by atoms with Gasteiger partial charge in [0.05, 0.1) is 6.26 Å². The number of hydrogen-bond donors (Lipinski definition) is 1. The van der Waals surface area contributed by atoms with Gasteiger partial charge in [-0.3, -0.25) is 0 Å². The average molecular weight is 233 g/mol. The highest BCUT2D eigenvalue weighted by Gasteiger charge is 2.19. The van der Waals surface area contributed by atoms with Crippen molar-refractivity contribution in [1.29, 1.82) is 0 Å². The lowest BCUT2D eigenvalue weighted by Crippen LogP contribution is -2.22. The molecule has 0 radical (unpaired) electrons. The van der Waals surface area contributed by atoms with Crippen LogP contribution in [0.5, 0.6) is 0 Å². The van der Waals surface area contributed by atoms with Crippen LogP contribution in [0.25, 0.3) is 0 Å². The maximum absolute atomic E-state index is 5.79. The molecule has 0 spiro atoms. The van der Waals surface area contributed by atoms with E-state index in [4.69, 9.17) is 8.83 Å². The number of aryl methyl sites for hydroxylation is 1. The van der Waals surface area contributed by atoms with Gasteiger partial charge in [0.1, 0.15) is 23.3 Å². The Bertz CT molecular complexity index is 431. The zero-order chi connectivity index (χ0) is 12.1. The van der Waals surface area contributed by atoms with Crippen LogP contribution in [0.15, 0.2) is 39.4 Å². The van der Waals surface area contributed by atoms with Crippen molar-refractivity contribution in [3.05, 3.63) is 47.8 Å². The number of hydrogen-bond acceptors (Lipinski definition) is 3. The molecule has 0 aliphatic carbocycles. The van der Waals surface area contributed by atoms with Crippen LogP contribution in [0.2, 0.25) is 0 Å². The summed E-state index contributed by atoms with van der Waals surface area (Å²) in [6, 6.07) is 7.94. The molecule has 1 unspecified atom stereocenters. The first-order chi connectivity index (χ1) is 8.35. The Labute approximate surface area is 102 Å². The summed E-state index contributed by atoms with van der Waals surface area (Å²) in [5.74, 6) is 2.83. The van der Waals surface area contributed by atoms with Crippen LogP contribution in [0.3, 0.4) is 0 Å². The molecule has 0 aliphatic heterocycles. The monoisotopic (exact) mass is 233 g/mol. The van der Waals surface area contributed by atoms with Gasteiger partial charge in [-0.1, -0.05) is 13.8 Å². The van der Waals surface area contributed by atoms with Gasteiger partial charge < -0.3 is 14.2 Å². The minimum absolute atomic E-state index is 0.0187. The molecule has 0 aromatic carbocycles. The Balaban J connectivity index is 2.20. The molecule has 2 aromatic rings. The van der Waals surface area contributed by atoms with E-state index >= 15 is 0 Å². The molecule has 17 heavy (non-hydrogen) atoms. The molecule has 3 nitrogen and oxygen atoms in total. The van der Waals surface area contributed by atoms with Crippen molar-refractivity contribution in [3.63, 3.8) is 0 Å². The van der Waals surface area contributed by atoms with E-state index in [9.17, 15) is 0 Å². The highest BCUT2D eigenvalue weighted by atomic mass is 16.4. The molecule has 1 N–H and O–H groups in total. The molecular weight excluding hydrogens is 214 g/mol. The third-order valence-electron chi connectivity index (χ3n) is 2.74. The van der Waals surface area contributed by atoms with E-state index in [0.717, 1.165) is 36.7 Å². The van der Waals surface area contributed by atoms with Crippen LogP contribution in [-0.2, 0) is 6.42 Å². The van der Waals surface area contributed by atoms with E-state index in [1.807, 2.05) is 24.3 Å². The standard InChI is InChI=1S/C14H19NO2/c1-3-9-15-14(12-6-5-10-16-12)13-8-7-11(4-2)17-13/h5-8,10,14-15H,3-4,9H2,1-2H3. The first kappa shape index (κ1) is 12.0. The highest BCUT2D eigenvalue weighted by Crippen LogP contribution is 2.24. The molecule has 0 saturated carbocycles. The number of nitrogens with one attached hydrogen (secondary N) is 1. The lowest BCUT2D eigenvalue weighted by molar-refractivity contribution is 0.377. The Kier molecular flexibility index (Phi) is 4.04. The Morgan fingerprint density at radius 2 is 2.06 bits per heavy atom. The molecular formula is C14H19NO2. The Morgan fingerprint density at radius 3 is 2.65 bits per heavy atom. The summed E-state index contributed by atoms with van der Waals surface area (Å²) in [4.78, 5) is 0. The molecule has 1 atom stereocenters. The summed E-state index contributed by atoms with van der Waals surface area (Å²) >= 11 is 0. The Morgan fingerprint density at radius 1 is 1.18 bits per heavy atom. The van der Waals surface area contributed by atoms with Gasteiger partial charge in [-0.2, -0.15) is 0 Å². The molecule has 2 heterocycles. The Hall–Kier alpha value is -1.48. The normalized spacial score (nSPS) is 12.8. The molecule has 3 heteroatoms. The molecule has 92 valence electrons. The molecule has 2 rings (SSSR count). The van der Waals surface area contributed by atoms with E-state index in [2.05, 4.69) is 19.2 Å². The van der Waals surface area contributed by atoms with Crippen LogP contribution in [0.1, 0.15) is 43.6 Å². The summed E-state index contributed by atoms with van der Waals surface area (Å²) in [6.45, 7) is 5.17. The van der Waals surface area contributed by atoms with Gasteiger partial charge in [0.2, 0.25) is 0 Å². The third-order valence-corrected chi connectivity index (χ3v) is 2.74. The highest BCUT2D eigenvalue weighted by molar-refractivity contribution is 5.20. The van der Waals surface area contributed by atoms with Gasteiger partial charge in [0, 0.05) is 6.42 Å². The second kappa shape index (κ2) is 5.73. The lowest BCUT2D eigenvalue weighted by Gasteiger charge is -2.13. The van der Waals surface area contributed by atoms with Crippen LogP contribution in [0, 0.1) is 0 Å². The molecule has 0 bridgehead atoms.